The van der Waals surface area contributed by atoms with Crippen LogP contribution in [0.2, 0.25) is 0 Å². The van der Waals surface area contributed by atoms with Crippen LogP contribution in [0.4, 0.5) is 10.1 Å². The van der Waals surface area contributed by atoms with Crippen LogP contribution in [0.15, 0.2) is 24.3 Å². The van der Waals surface area contributed by atoms with Crippen molar-refractivity contribution in [1.29, 1.82) is 0 Å². The highest BCUT2D eigenvalue weighted by Crippen LogP contribution is 2.17. The second-order valence-electron chi connectivity index (χ2n) is 4.50. The van der Waals surface area contributed by atoms with E-state index in [1.807, 2.05) is 6.92 Å². The maximum Gasteiger partial charge on any atom is 0.274 e. The molecule has 1 aromatic carbocycles. The molecule has 0 aliphatic carbocycles. The smallest absolute Gasteiger partial charge is 0.274 e. The van der Waals surface area contributed by atoms with Gasteiger partial charge < -0.3 is 11.1 Å². The van der Waals surface area contributed by atoms with Crippen molar-refractivity contribution in [3.05, 3.63) is 47.0 Å². The Balaban J connectivity index is 2.25. The Kier molecular flexibility index (Phi) is 4.32. The van der Waals surface area contributed by atoms with E-state index in [4.69, 9.17) is 18.0 Å². The zero-order valence-corrected chi connectivity index (χ0v) is 12.5. The Labute approximate surface area is 126 Å². The number of halogens is 1. The van der Waals surface area contributed by atoms with Crippen LogP contribution in [-0.2, 0) is 6.54 Å². The number of nitrogens with two attached hydrogens (primary N) is 1. The van der Waals surface area contributed by atoms with Gasteiger partial charge in [-0.3, -0.25) is 9.48 Å². The molecular formula is C14H15FN4OS. The van der Waals surface area contributed by atoms with Gasteiger partial charge in [0, 0.05) is 12.1 Å². The number of aromatic nitrogens is 2. The molecule has 1 aromatic heterocycles. The van der Waals surface area contributed by atoms with Crippen LogP contribution in [-0.4, -0.2) is 20.7 Å². The summed E-state index contributed by atoms with van der Waals surface area (Å²) in [6.07, 6.45) is 0. The van der Waals surface area contributed by atoms with Crippen molar-refractivity contribution in [2.24, 2.45) is 5.73 Å². The number of hydrogen-bond acceptors (Lipinski definition) is 3. The molecule has 2 rings (SSSR count). The first kappa shape index (κ1) is 15.1. The van der Waals surface area contributed by atoms with E-state index in [0.717, 1.165) is 5.69 Å². The maximum absolute atomic E-state index is 13.9. The van der Waals surface area contributed by atoms with Crippen molar-refractivity contribution in [1.82, 2.24) is 9.78 Å². The molecule has 5 nitrogen and oxygen atoms in total. The average Bonchev–Trinajstić information content (AvgIpc) is 2.82. The van der Waals surface area contributed by atoms with E-state index in [1.54, 1.807) is 23.7 Å². The van der Waals surface area contributed by atoms with Crippen molar-refractivity contribution in [2.75, 3.05) is 5.32 Å². The molecular weight excluding hydrogens is 291 g/mol. The van der Waals surface area contributed by atoms with Crippen LogP contribution in [0.5, 0.6) is 0 Å². The Hall–Kier alpha value is -2.28. The molecule has 0 radical (unpaired) electrons. The average molecular weight is 306 g/mol. The Bertz CT molecular complexity index is 711. The molecule has 0 atom stereocenters. The maximum atomic E-state index is 13.9. The second kappa shape index (κ2) is 6.01. The van der Waals surface area contributed by atoms with Gasteiger partial charge in [0.25, 0.3) is 5.91 Å². The lowest BCUT2D eigenvalue weighted by Crippen LogP contribution is -2.18. The van der Waals surface area contributed by atoms with E-state index in [2.05, 4.69) is 10.4 Å². The van der Waals surface area contributed by atoms with E-state index < -0.39 is 11.7 Å². The molecule has 1 heterocycles. The lowest BCUT2D eigenvalue weighted by molar-refractivity contribution is 0.101. The number of benzene rings is 1. The zero-order chi connectivity index (χ0) is 15.6. The van der Waals surface area contributed by atoms with E-state index in [1.165, 1.54) is 12.1 Å². The number of rotatable bonds is 4. The van der Waals surface area contributed by atoms with Gasteiger partial charge in [-0.05, 0) is 38.1 Å². The van der Waals surface area contributed by atoms with Gasteiger partial charge in [0.05, 0.1) is 11.4 Å². The molecule has 0 saturated heterocycles. The number of thiocarbonyl (C=S) groups is 1. The van der Waals surface area contributed by atoms with Gasteiger partial charge in [0.15, 0.2) is 0 Å². The van der Waals surface area contributed by atoms with Crippen molar-refractivity contribution in [3.8, 4) is 0 Å². The molecule has 110 valence electrons. The minimum absolute atomic E-state index is 0.0708. The third-order valence-corrected chi connectivity index (χ3v) is 3.17. The van der Waals surface area contributed by atoms with Gasteiger partial charge in [0.2, 0.25) is 0 Å². The SMILES string of the molecule is CCn1nc(C)cc1C(=O)Nc1ccc(C(N)=S)cc1F. The largest absolute Gasteiger partial charge is 0.389 e. The van der Waals surface area contributed by atoms with Crippen LogP contribution in [0.25, 0.3) is 0 Å². The van der Waals surface area contributed by atoms with Crippen LogP contribution >= 0.6 is 12.2 Å². The van der Waals surface area contributed by atoms with Crippen molar-refractivity contribution < 1.29 is 9.18 Å². The molecule has 3 N–H and O–H groups in total. The molecule has 0 saturated carbocycles. The molecule has 1 amide bonds. The van der Waals surface area contributed by atoms with Gasteiger partial charge in [-0.2, -0.15) is 5.10 Å². The summed E-state index contributed by atoms with van der Waals surface area (Å²) in [5.74, 6) is -1.01. The molecule has 7 heteroatoms. The number of aryl methyl sites for hydroxylation is 2. The minimum atomic E-state index is -0.590. The minimum Gasteiger partial charge on any atom is -0.389 e. The van der Waals surface area contributed by atoms with E-state index in [-0.39, 0.29) is 10.7 Å². The normalized spacial score (nSPS) is 10.4. The summed E-state index contributed by atoms with van der Waals surface area (Å²) in [7, 11) is 0. The molecule has 0 unspecified atom stereocenters. The van der Waals surface area contributed by atoms with Gasteiger partial charge >= 0.3 is 0 Å². The van der Waals surface area contributed by atoms with Crippen LogP contribution in [0.3, 0.4) is 0 Å². The van der Waals surface area contributed by atoms with E-state index >= 15 is 0 Å². The van der Waals surface area contributed by atoms with Crippen molar-refractivity contribution in [2.45, 2.75) is 20.4 Å². The topological polar surface area (TPSA) is 72.9 Å². The Morgan fingerprint density at radius 2 is 2.19 bits per heavy atom. The van der Waals surface area contributed by atoms with E-state index in [0.29, 0.717) is 17.8 Å². The first-order valence-electron chi connectivity index (χ1n) is 6.37. The molecule has 0 spiro atoms. The summed E-state index contributed by atoms with van der Waals surface area (Å²) in [5.41, 5.74) is 7.02. The fraction of sp³-hybridized carbons (Fsp3) is 0.214. The van der Waals surface area contributed by atoms with Gasteiger partial charge in [-0.25, -0.2) is 4.39 Å². The third-order valence-electron chi connectivity index (χ3n) is 2.94. The summed E-state index contributed by atoms with van der Waals surface area (Å²) in [6.45, 7) is 4.22. The predicted octanol–water partition coefficient (Wildman–Crippen LogP) is 2.24. The summed E-state index contributed by atoms with van der Waals surface area (Å²) < 4.78 is 15.5. The Morgan fingerprint density at radius 3 is 2.76 bits per heavy atom. The van der Waals surface area contributed by atoms with Gasteiger partial charge in [-0.1, -0.05) is 12.2 Å². The van der Waals surface area contributed by atoms with Crippen molar-refractivity contribution in [3.63, 3.8) is 0 Å². The molecule has 21 heavy (non-hydrogen) atoms. The van der Waals surface area contributed by atoms with Crippen LogP contribution in [0, 0.1) is 12.7 Å². The monoisotopic (exact) mass is 306 g/mol. The molecule has 0 bridgehead atoms. The standard InChI is InChI=1S/C14H15FN4OS/c1-3-19-12(6-8(2)18-19)14(20)17-11-5-4-9(13(16)21)7-10(11)15/h4-7H,3H2,1-2H3,(H2,16,21)(H,17,20). The highest BCUT2D eigenvalue weighted by Gasteiger charge is 2.15. The van der Waals surface area contributed by atoms with Gasteiger partial charge in [-0.15, -0.1) is 0 Å². The summed E-state index contributed by atoms with van der Waals surface area (Å²) in [4.78, 5) is 12.3. The first-order chi connectivity index (χ1) is 9.92. The fourth-order valence-electron chi connectivity index (χ4n) is 1.93. The first-order valence-corrected chi connectivity index (χ1v) is 6.78. The van der Waals surface area contributed by atoms with Crippen LogP contribution < -0.4 is 11.1 Å². The number of nitrogens with one attached hydrogen (secondary N) is 1. The molecule has 2 aromatic rings. The second-order valence-corrected chi connectivity index (χ2v) is 4.94. The Morgan fingerprint density at radius 1 is 1.48 bits per heavy atom. The fourth-order valence-corrected chi connectivity index (χ4v) is 2.05. The van der Waals surface area contributed by atoms with E-state index in [9.17, 15) is 9.18 Å². The number of amides is 1. The highest BCUT2D eigenvalue weighted by molar-refractivity contribution is 7.80. The lowest BCUT2D eigenvalue weighted by Gasteiger charge is -2.08. The molecule has 0 aliphatic rings. The number of anilines is 1. The lowest BCUT2D eigenvalue weighted by atomic mass is 10.2. The number of carbonyl (C=O) groups is 1. The summed E-state index contributed by atoms with van der Waals surface area (Å²) in [5, 5.41) is 6.70. The zero-order valence-electron chi connectivity index (χ0n) is 11.7. The van der Waals surface area contributed by atoms with Gasteiger partial charge in [0.1, 0.15) is 16.5 Å². The predicted molar refractivity (Wildman–Crippen MR) is 82.9 cm³/mol. The van der Waals surface area contributed by atoms with Crippen molar-refractivity contribution >= 4 is 28.8 Å². The molecule has 0 aliphatic heterocycles. The number of nitrogens with zero attached hydrogens (tertiary/aromatic N) is 2. The number of carbonyl (C=O) groups excluding carboxylic acids is 1. The highest BCUT2D eigenvalue weighted by atomic mass is 32.1. The third kappa shape index (κ3) is 3.25. The number of hydrogen-bond donors (Lipinski definition) is 2. The summed E-state index contributed by atoms with van der Waals surface area (Å²) in [6, 6.07) is 5.84. The van der Waals surface area contributed by atoms with Crippen LogP contribution in [0.1, 0.15) is 28.7 Å². The summed E-state index contributed by atoms with van der Waals surface area (Å²) >= 11 is 4.78. The quantitative estimate of drug-likeness (QED) is 0.850. The molecule has 0 fully saturated rings.